The lowest BCUT2D eigenvalue weighted by molar-refractivity contribution is -0.158. The molecule has 21 heavy (non-hydrogen) atoms. The molecule has 2 fully saturated rings. The van der Waals surface area contributed by atoms with Gasteiger partial charge in [-0.25, -0.2) is 0 Å². The van der Waals surface area contributed by atoms with Gasteiger partial charge in [0, 0.05) is 6.54 Å². The fourth-order valence-corrected chi connectivity index (χ4v) is 3.63. The molecule has 120 valence electrons. The molecule has 2 amide bonds. The van der Waals surface area contributed by atoms with E-state index < -0.39 is 5.54 Å². The zero-order chi connectivity index (χ0) is 15.8. The maximum absolute atomic E-state index is 13.1. The van der Waals surface area contributed by atoms with Gasteiger partial charge in [0.15, 0.2) is 0 Å². The maximum Gasteiger partial charge on any atom is 0.249 e. The number of carbonyl (C=O) groups is 2. The van der Waals surface area contributed by atoms with Crippen molar-refractivity contribution in [1.29, 1.82) is 0 Å². The van der Waals surface area contributed by atoms with Crippen LogP contribution >= 0.6 is 0 Å². The first kappa shape index (κ1) is 16.3. The second kappa shape index (κ2) is 5.62. The predicted molar refractivity (Wildman–Crippen MR) is 83.8 cm³/mol. The van der Waals surface area contributed by atoms with Crippen molar-refractivity contribution in [3.63, 3.8) is 0 Å². The van der Waals surface area contributed by atoms with Gasteiger partial charge in [-0.05, 0) is 43.4 Å². The molecule has 1 heterocycles. The molecule has 4 heteroatoms. The van der Waals surface area contributed by atoms with Crippen molar-refractivity contribution < 1.29 is 9.59 Å². The van der Waals surface area contributed by atoms with E-state index in [0.29, 0.717) is 12.8 Å². The SMILES string of the molecule is CCC1(CN2C(=O)C(CC)(CC)NC(=O)C2C(C)C)CC1. The summed E-state index contributed by atoms with van der Waals surface area (Å²) in [5, 5.41) is 3.03. The van der Waals surface area contributed by atoms with Crippen molar-refractivity contribution in [3.8, 4) is 0 Å². The van der Waals surface area contributed by atoms with E-state index in [0.717, 1.165) is 13.0 Å². The van der Waals surface area contributed by atoms with E-state index >= 15 is 0 Å². The molecule has 1 aliphatic carbocycles. The van der Waals surface area contributed by atoms with E-state index in [2.05, 4.69) is 12.2 Å². The van der Waals surface area contributed by atoms with Crippen molar-refractivity contribution in [2.75, 3.05) is 6.54 Å². The Balaban J connectivity index is 2.33. The first-order valence-electron chi connectivity index (χ1n) is 8.48. The number of rotatable bonds is 6. The largest absolute Gasteiger partial charge is 0.340 e. The molecule has 4 nitrogen and oxygen atoms in total. The van der Waals surface area contributed by atoms with Crippen LogP contribution in [0.5, 0.6) is 0 Å². The molecule has 1 aliphatic heterocycles. The number of carbonyl (C=O) groups excluding carboxylic acids is 2. The van der Waals surface area contributed by atoms with Gasteiger partial charge in [-0.2, -0.15) is 0 Å². The highest BCUT2D eigenvalue weighted by Crippen LogP contribution is 2.50. The van der Waals surface area contributed by atoms with Crippen LogP contribution in [0.15, 0.2) is 0 Å². The third-order valence-corrected chi connectivity index (χ3v) is 5.69. The lowest BCUT2D eigenvalue weighted by Gasteiger charge is -2.48. The molecule has 0 aromatic carbocycles. The highest BCUT2D eigenvalue weighted by atomic mass is 16.2. The highest BCUT2D eigenvalue weighted by molar-refractivity contribution is 6.00. The van der Waals surface area contributed by atoms with Crippen molar-refractivity contribution in [1.82, 2.24) is 10.2 Å². The zero-order valence-corrected chi connectivity index (χ0v) is 14.2. The van der Waals surface area contributed by atoms with Crippen molar-refractivity contribution >= 4 is 11.8 Å². The molecule has 0 aromatic rings. The Kier molecular flexibility index (Phi) is 4.36. The quantitative estimate of drug-likeness (QED) is 0.819. The molecular weight excluding hydrogens is 264 g/mol. The Morgan fingerprint density at radius 3 is 2.10 bits per heavy atom. The summed E-state index contributed by atoms with van der Waals surface area (Å²) in [4.78, 5) is 27.6. The van der Waals surface area contributed by atoms with E-state index in [4.69, 9.17) is 0 Å². The van der Waals surface area contributed by atoms with Gasteiger partial charge in [-0.1, -0.05) is 34.6 Å². The number of hydrogen-bond acceptors (Lipinski definition) is 2. The number of nitrogens with zero attached hydrogens (tertiary/aromatic N) is 1. The molecule has 1 saturated heterocycles. The monoisotopic (exact) mass is 294 g/mol. The Bertz CT molecular complexity index is 423. The van der Waals surface area contributed by atoms with Crippen LogP contribution in [0.25, 0.3) is 0 Å². The minimum atomic E-state index is -0.688. The van der Waals surface area contributed by atoms with Gasteiger partial charge in [-0.15, -0.1) is 0 Å². The average molecular weight is 294 g/mol. The molecule has 1 atom stereocenters. The Hall–Kier alpha value is -1.06. The van der Waals surface area contributed by atoms with Gasteiger partial charge in [-0.3, -0.25) is 9.59 Å². The lowest BCUT2D eigenvalue weighted by Crippen LogP contribution is -2.71. The van der Waals surface area contributed by atoms with E-state index in [1.165, 1.54) is 12.8 Å². The van der Waals surface area contributed by atoms with Crippen LogP contribution in [-0.4, -0.2) is 34.8 Å². The minimum Gasteiger partial charge on any atom is -0.340 e. The molecule has 0 bridgehead atoms. The first-order valence-corrected chi connectivity index (χ1v) is 8.48. The molecule has 1 unspecified atom stereocenters. The van der Waals surface area contributed by atoms with E-state index in [1.807, 2.05) is 32.6 Å². The van der Waals surface area contributed by atoms with E-state index in [-0.39, 0.29) is 29.2 Å². The Labute approximate surface area is 128 Å². The number of piperazine rings is 1. The highest BCUT2D eigenvalue weighted by Gasteiger charge is 2.53. The second-order valence-electron chi connectivity index (χ2n) is 7.25. The Morgan fingerprint density at radius 1 is 1.14 bits per heavy atom. The summed E-state index contributed by atoms with van der Waals surface area (Å²) in [6.45, 7) is 11.0. The summed E-state index contributed by atoms with van der Waals surface area (Å²) in [6.07, 6.45) is 4.79. The van der Waals surface area contributed by atoms with Crippen LogP contribution in [0.2, 0.25) is 0 Å². The fourth-order valence-electron chi connectivity index (χ4n) is 3.63. The molecular formula is C17H30N2O2. The van der Waals surface area contributed by atoms with Crippen molar-refractivity contribution in [2.24, 2.45) is 11.3 Å². The number of hydrogen-bond donors (Lipinski definition) is 1. The third kappa shape index (κ3) is 2.69. The molecule has 0 aromatic heterocycles. The van der Waals surface area contributed by atoms with E-state index in [9.17, 15) is 9.59 Å². The topological polar surface area (TPSA) is 49.4 Å². The number of amides is 2. The third-order valence-electron chi connectivity index (χ3n) is 5.69. The summed E-state index contributed by atoms with van der Waals surface area (Å²) < 4.78 is 0. The summed E-state index contributed by atoms with van der Waals surface area (Å²) in [6, 6.07) is -0.312. The van der Waals surface area contributed by atoms with Gasteiger partial charge in [0.25, 0.3) is 0 Å². The standard InChI is InChI=1S/C17H30N2O2/c1-6-16(9-10-16)11-19-13(12(4)5)14(20)18-17(7-2,8-3)15(19)21/h12-13H,6-11H2,1-5H3,(H,18,20). The van der Waals surface area contributed by atoms with E-state index in [1.54, 1.807) is 0 Å². The van der Waals surface area contributed by atoms with Gasteiger partial charge < -0.3 is 10.2 Å². The first-order chi connectivity index (χ1) is 9.84. The summed E-state index contributed by atoms with van der Waals surface area (Å²) in [7, 11) is 0. The summed E-state index contributed by atoms with van der Waals surface area (Å²) >= 11 is 0. The zero-order valence-electron chi connectivity index (χ0n) is 14.2. The normalized spacial score (nSPS) is 27.0. The average Bonchev–Trinajstić information content (AvgIpc) is 3.22. The van der Waals surface area contributed by atoms with Gasteiger partial charge in [0.05, 0.1) is 0 Å². The van der Waals surface area contributed by atoms with Gasteiger partial charge >= 0.3 is 0 Å². The molecule has 0 radical (unpaired) electrons. The lowest BCUT2D eigenvalue weighted by atomic mass is 9.84. The van der Waals surface area contributed by atoms with Crippen LogP contribution in [0.4, 0.5) is 0 Å². The van der Waals surface area contributed by atoms with Crippen LogP contribution in [0.3, 0.4) is 0 Å². The Morgan fingerprint density at radius 2 is 1.71 bits per heavy atom. The summed E-state index contributed by atoms with van der Waals surface area (Å²) in [5.74, 6) is 0.305. The van der Waals surface area contributed by atoms with Crippen LogP contribution in [-0.2, 0) is 9.59 Å². The molecule has 0 spiro atoms. The number of nitrogens with one attached hydrogen (secondary N) is 1. The van der Waals surface area contributed by atoms with Crippen molar-refractivity contribution in [3.05, 3.63) is 0 Å². The van der Waals surface area contributed by atoms with Crippen LogP contribution in [0.1, 0.15) is 66.7 Å². The van der Waals surface area contributed by atoms with Crippen molar-refractivity contribution in [2.45, 2.75) is 78.3 Å². The molecule has 1 saturated carbocycles. The minimum absolute atomic E-state index is 0.0280. The van der Waals surface area contributed by atoms with Gasteiger partial charge in [0.1, 0.15) is 11.6 Å². The maximum atomic E-state index is 13.1. The van der Waals surface area contributed by atoms with Crippen LogP contribution < -0.4 is 5.32 Å². The smallest absolute Gasteiger partial charge is 0.249 e. The van der Waals surface area contributed by atoms with Gasteiger partial charge in [0.2, 0.25) is 11.8 Å². The molecule has 2 rings (SSSR count). The fraction of sp³-hybridized carbons (Fsp3) is 0.882. The summed E-state index contributed by atoms with van der Waals surface area (Å²) in [5.41, 5.74) is -0.417. The molecule has 1 N–H and O–H groups in total. The molecule has 2 aliphatic rings. The van der Waals surface area contributed by atoms with Crippen LogP contribution in [0, 0.1) is 11.3 Å². The second-order valence-corrected chi connectivity index (χ2v) is 7.25. The predicted octanol–water partition coefficient (Wildman–Crippen LogP) is 2.72.